The molecule has 8 heteroatoms. The van der Waals surface area contributed by atoms with Gasteiger partial charge in [0.1, 0.15) is 11.6 Å². The van der Waals surface area contributed by atoms with Crippen LogP contribution in [0.25, 0.3) is 0 Å². The molecule has 2 aromatic heterocycles. The van der Waals surface area contributed by atoms with E-state index in [1.165, 1.54) is 42.7 Å². The topological polar surface area (TPSA) is 84.0 Å². The first kappa shape index (κ1) is 20.0. The van der Waals surface area contributed by atoms with Crippen LogP contribution < -0.4 is 10.6 Å². The van der Waals surface area contributed by atoms with Gasteiger partial charge in [0.2, 0.25) is 5.91 Å². The molecule has 0 bridgehead atoms. The molecule has 1 fully saturated rings. The van der Waals surface area contributed by atoms with Crippen molar-refractivity contribution in [1.29, 1.82) is 0 Å². The van der Waals surface area contributed by atoms with Crippen LogP contribution in [0.3, 0.4) is 0 Å². The third-order valence-corrected chi connectivity index (χ3v) is 5.48. The number of pyridine rings is 2. The van der Waals surface area contributed by atoms with Crippen LogP contribution >= 0.6 is 11.6 Å². The van der Waals surface area contributed by atoms with E-state index in [9.17, 15) is 14.0 Å². The number of halogens is 2. The van der Waals surface area contributed by atoms with E-state index in [1.54, 1.807) is 18.3 Å². The molecule has 2 heterocycles. The second-order valence-corrected chi connectivity index (χ2v) is 7.61. The van der Waals surface area contributed by atoms with Gasteiger partial charge in [-0.15, -0.1) is 0 Å². The lowest BCUT2D eigenvalue weighted by Gasteiger charge is -2.40. The molecule has 3 aromatic rings. The van der Waals surface area contributed by atoms with Gasteiger partial charge in [0.05, 0.1) is 16.0 Å². The van der Waals surface area contributed by atoms with Gasteiger partial charge in [0, 0.05) is 24.3 Å². The fourth-order valence-electron chi connectivity index (χ4n) is 3.44. The van der Waals surface area contributed by atoms with Crippen molar-refractivity contribution in [3.8, 4) is 0 Å². The molecule has 152 valence electrons. The van der Waals surface area contributed by atoms with Crippen LogP contribution in [0.5, 0.6) is 0 Å². The molecule has 6 nitrogen and oxygen atoms in total. The van der Waals surface area contributed by atoms with Crippen molar-refractivity contribution in [3.05, 3.63) is 83.0 Å². The number of hydrogen-bond acceptors (Lipinski definition) is 4. The number of hydrogen-bond donors (Lipinski definition) is 2. The number of carbonyl (C=O) groups is 2. The van der Waals surface area contributed by atoms with Gasteiger partial charge in [0.15, 0.2) is 0 Å². The Morgan fingerprint density at radius 2 is 1.77 bits per heavy atom. The summed E-state index contributed by atoms with van der Waals surface area (Å²) in [7, 11) is 0. The fourth-order valence-corrected chi connectivity index (χ4v) is 3.61. The lowest BCUT2D eigenvalue weighted by Crippen LogP contribution is -2.46. The molecule has 0 atom stereocenters. The Hall–Kier alpha value is -3.32. The van der Waals surface area contributed by atoms with Gasteiger partial charge in [-0.3, -0.25) is 14.6 Å². The van der Waals surface area contributed by atoms with Gasteiger partial charge in [-0.2, -0.15) is 0 Å². The van der Waals surface area contributed by atoms with Crippen molar-refractivity contribution in [1.82, 2.24) is 9.97 Å². The normalized spacial score (nSPS) is 14.5. The predicted octanol–water partition coefficient (Wildman–Crippen LogP) is 4.58. The first-order chi connectivity index (χ1) is 14.5. The van der Waals surface area contributed by atoms with E-state index in [1.807, 2.05) is 0 Å². The average Bonchev–Trinajstić information content (AvgIpc) is 2.70. The number of benzene rings is 1. The average molecular weight is 425 g/mol. The molecule has 1 saturated carbocycles. The minimum Gasteiger partial charge on any atom is -0.325 e. The lowest BCUT2D eigenvalue weighted by molar-refractivity contribution is -0.124. The monoisotopic (exact) mass is 424 g/mol. The number of anilines is 2. The summed E-state index contributed by atoms with van der Waals surface area (Å²) in [5.41, 5.74) is 0.957. The van der Waals surface area contributed by atoms with Crippen LogP contribution in [0.15, 0.2) is 61.1 Å². The van der Waals surface area contributed by atoms with Crippen molar-refractivity contribution in [2.75, 3.05) is 10.6 Å². The quantitative estimate of drug-likeness (QED) is 0.627. The minimum absolute atomic E-state index is 0.149. The highest BCUT2D eigenvalue weighted by molar-refractivity contribution is 6.30. The standard InChI is InChI=1S/C22H18ClFN4O2/c23-16-10-14(11-25-13-16)20(29)28-19-7-2-15(12-26-19)22(8-1-9-22)21(30)27-18-5-3-17(24)4-6-18/h2-7,10-13H,1,8-9H2,(H,27,30)(H,26,28,29). The molecular formula is C22H18ClFN4O2. The summed E-state index contributed by atoms with van der Waals surface area (Å²) in [4.78, 5) is 33.5. The van der Waals surface area contributed by atoms with E-state index >= 15 is 0 Å². The van der Waals surface area contributed by atoms with Crippen molar-refractivity contribution in [2.45, 2.75) is 24.7 Å². The van der Waals surface area contributed by atoms with Crippen LogP contribution in [0.4, 0.5) is 15.9 Å². The third-order valence-electron chi connectivity index (χ3n) is 5.27. The van der Waals surface area contributed by atoms with Gasteiger partial charge in [-0.25, -0.2) is 9.37 Å². The van der Waals surface area contributed by atoms with Crippen molar-refractivity contribution in [2.24, 2.45) is 0 Å². The summed E-state index contributed by atoms with van der Waals surface area (Å²) in [6, 6.07) is 10.6. The number of nitrogens with one attached hydrogen (secondary N) is 2. The molecule has 0 spiro atoms. The van der Waals surface area contributed by atoms with Gasteiger partial charge in [-0.05, 0) is 54.8 Å². The first-order valence-corrected chi connectivity index (χ1v) is 9.79. The van der Waals surface area contributed by atoms with Gasteiger partial charge in [0.25, 0.3) is 5.91 Å². The Bertz CT molecular complexity index is 1080. The Kier molecular flexibility index (Phi) is 5.46. The zero-order valence-electron chi connectivity index (χ0n) is 15.9. The second kappa shape index (κ2) is 8.20. The molecular weight excluding hydrogens is 407 g/mol. The maximum atomic E-state index is 13.1. The fraction of sp³-hybridized carbons (Fsp3) is 0.182. The van der Waals surface area contributed by atoms with E-state index in [2.05, 4.69) is 20.6 Å². The Morgan fingerprint density at radius 1 is 1.00 bits per heavy atom. The van der Waals surface area contributed by atoms with Crippen molar-refractivity contribution in [3.63, 3.8) is 0 Å². The maximum absolute atomic E-state index is 13.1. The molecule has 0 radical (unpaired) electrons. The summed E-state index contributed by atoms with van der Waals surface area (Å²) in [5.74, 6) is -0.527. The van der Waals surface area contributed by atoms with Crippen molar-refractivity contribution >= 4 is 34.9 Å². The predicted molar refractivity (Wildman–Crippen MR) is 112 cm³/mol. The van der Waals surface area contributed by atoms with Crippen molar-refractivity contribution < 1.29 is 14.0 Å². The molecule has 30 heavy (non-hydrogen) atoms. The maximum Gasteiger partial charge on any atom is 0.258 e. The zero-order valence-corrected chi connectivity index (χ0v) is 16.6. The number of aromatic nitrogens is 2. The second-order valence-electron chi connectivity index (χ2n) is 7.17. The van der Waals surface area contributed by atoms with Crippen LogP contribution in [0.2, 0.25) is 5.02 Å². The molecule has 1 aromatic carbocycles. The lowest BCUT2D eigenvalue weighted by atomic mass is 9.64. The molecule has 0 saturated heterocycles. The van der Waals surface area contributed by atoms with Gasteiger partial charge < -0.3 is 10.6 Å². The number of rotatable bonds is 5. The molecule has 2 amide bonds. The third kappa shape index (κ3) is 4.02. The summed E-state index contributed by atoms with van der Waals surface area (Å²) in [6.07, 6.45) is 6.79. The summed E-state index contributed by atoms with van der Waals surface area (Å²) >= 11 is 5.87. The Labute approximate surface area is 177 Å². The van der Waals surface area contributed by atoms with E-state index < -0.39 is 5.41 Å². The largest absolute Gasteiger partial charge is 0.325 e. The summed E-state index contributed by atoms with van der Waals surface area (Å²) in [6.45, 7) is 0. The highest BCUT2D eigenvalue weighted by Gasteiger charge is 2.45. The summed E-state index contributed by atoms with van der Waals surface area (Å²) < 4.78 is 13.1. The van der Waals surface area contributed by atoms with E-state index in [4.69, 9.17) is 11.6 Å². The van der Waals surface area contributed by atoms with Gasteiger partial charge >= 0.3 is 0 Å². The van der Waals surface area contributed by atoms with E-state index in [0.717, 1.165) is 12.0 Å². The van der Waals surface area contributed by atoms with Crippen LogP contribution in [0.1, 0.15) is 35.2 Å². The smallest absolute Gasteiger partial charge is 0.258 e. The molecule has 2 N–H and O–H groups in total. The summed E-state index contributed by atoms with van der Waals surface area (Å²) in [5, 5.41) is 5.92. The molecule has 1 aliphatic carbocycles. The van der Waals surface area contributed by atoms with Crippen LogP contribution in [-0.2, 0) is 10.2 Å². The molecule has 0 unspecified atom stereocenters. The minimum atomic E-state index is -0.680. The number of amides is 2. The van der Waals surface area contributed by atoms with E-state index in [0.29, 0.717) is 34.9 Å². The highest BCUT2D eigenvalue weighted by Crippen LogP contribution is 2.44. The molecule has 4 rings (SSSR count). The SMILES string of the molecule is O=C(Nc1ccc(C2(C(=O)Nc3ccc(F)cc3)CCC2)cn1)c1cncc(Cl)c1. The van der Waals surface area contributed by atoms with Crippen LogP contribution in [0, 0.1) is 5.82 Å². The van der Waals surface area contributed by atoms with Crippen LogP contribution in [-0.4, -0.2) is 21.8 Å². The Balaban J connectivity index is 1.48. The number of carbonyl (C=O) groups excluding carboxylic acids is 2. The first-order valence-electron chi connectivity index (χ1n) is 9.42. The highest BCUT2D eigenvalue weighted by atomic mass is 35.5. The molecule has 1 aliphatic rings. The Morgan fingerprint density at radius 3 is 2.37 bits per heavy atom. The zero-order chi connectivity index (χ0) is 21.1. The van der Waals surface area contributed by atoms with E-state index in [-0.39, 0.29) is 17.6 Å². The van der Waals surface area contributed by atoms with Gasteiger partial charge in [-0.1, -0.05) is 24.1 Å². The number of nitrogens with zero attached hydrogens (tertiary/aromatic N) is 2. The molecule has 0 aliphatic heterocycles.